The summed E-state index contributed by atoms with van der Waals surface area (Å²) in [5.74, 6) is 0. The Balaban J connectivity index is 2.36. The molecule has 1 atom stereocenters. The Labute approximate surface area is 116 Å². The monoisotopic (exact) mass is 281 g/mol. The van der Waals surface area contributed by atoms with Crippen LogP contribution in [0.15, 0.2) is 29.2 Å². The molecule has 1 aliphatic heterocycles. The second-order valence-corrected chi connectivity index (χ2v) is 8.18. The number of sulfonamides is 1. The molecule has 4 heteroatoms. The first-order chi connectivity index (χ1) is 8.76. The zero-order valence-electron chi connectivity index (χ0n) is 12.2. The van der Waals surface area contributed by atoms with Crippen LogP contribution >= 0.6 is 0 Å². The molecule has 0 bridgehead atoms. The van der Waals surface area contributed by atoms with Crippen LogP contribution in [0.3, 0.4) is 0 Å². The van der Waals surface area contributed by atoms with Gasteiger partial charge in [-0.2, -0.15) is 4.31 Å². The van der Waals surface area contributed by atoms with Crippen molar-refractivity contribution in [3.8, 4) is 0 Å². The molecule has 0 amide bonds. The summed E-state index contributed by atoms with van der Waals surface area (Å²) in [6.07, 6.45) is 1.81. The lowest BCUT2D eigenvalue weighted by molar-refractivity contribution is 0.364. The van der Waals surface area contributed by atoms with Gasteiger partial charge in [0.15, 0.2) is 0 Å². The van der Waals surface area contributed by atoms with Crippen LogP contribution in [0, 0.1) is 12.3 Å². The molecule has 1 aliphatic rings. The summed E-state index contributed by atoms with van der Waals surface area (Å²) in [5.41, 5.74) is 1.14. The molecule has 0 radical (unpaired) electrons. The second-order valence-electron chi connectivity index (χ2n) is 6.29. The van der Waals surface area contributed by atoms with Crippen LogP contribution < -0.4 is 0 Å². The Bertz CT molecular complexity index is 546. The fourth-order valence-electron chi connectivity index (χ4n) is 2.83. The van der Waals surface area contributed by atoms with Gasteiger partial charge in [-0.25, -0.2) is 8.42 Å². The van der Waals surface area contributed by atoms with E-state index >= 15 is 0 Å². The maximum Gasteiger partial charge on any atom is 0.243 e. The van der Waals surface area contributed by atoms with Crippen LogP contribution in [0.25, 0.3) is 0 Å². The lowest BCUT2D eigenvalue weighted by Gasteiger charge is -2.23. The smallest absolute Gasteiger partial charge is 0.207 e. The molecule has 0 aliphatic carbocycles. The Morgan fingerprint density at radius 1 is 1.26 bits per heavy atom. The van der Waals surface area contributed by atoms with Gasteiger partial charge >= 0.3 is 0 Å². The van der Waals surface area contributed by atoms with E-state index in [1.54, 1.807) is 16.4 Å². The van der Waals surface area contributed by atoms with Crippen LogP contribution in [-0.4, -0.2) is 25.3 Å². The Morgan fingerprint density at radius 3 is 2.37 bits per heavy atom. The summed E-state index contributed by atoms with van der Waals surface area (Å²) < 4.78 is 27.1. The number of aryl methyl sites for hydroxylation is 1. The van der Waals surface area contributed by atoms with Crippen molar-refractivity contribution in [2.75, 3.05) is 6.54 Å². The summed E-state index contributed by atoms with van der Waals surface area (Å²) in [6, 6.07) is 7.26. The van der Waals surface area contributed by atoms with Crippen LogP contribution in [0.1, 0.15) is 39.2 Å². The number of hydrogen-bond acceptors (Lipinski definition) is 2. The van der Waals surface area contributed by atoms with E-state index < -0.39 is 10.0 Å². The Morgan fingerprint density at radius 2 is 1.84 bits per heavy atom. The number of rotatable bonds is 3. The van der Waals surface area contributed by atoms with Gasteiger partial charge in [0.2, 0.25) is 10.0 Å². The van der Waals surface area contributed by atoms with Crippen molar-refractivity contribution < 1.29 is 8.42 Å². The molecule has 0 aromatic heterocycles. The molecule has 2 rings (SSSR count). The van der Waals surface area contributed by atoms with Gasteiger partial charge in [0.25, 0.3) is 0 Å². The number of nitrogens with zero attached hydrogens (tertiary/aromatic N) is 1. The fourth-order valence-corrected chi connectivity index (χ4v) is 4.72. The first kappa shape index (κ1) is 14.5. The minimum absolute atomic E-state index is 0.0679. The van der Waals surface area contributed by atoms with Crippen molar-refractivity contribution in [3.63, 3.8) is 0 Å². The van der Waals surface area contributed by atoms with Crippen LogP contribution in [0.4, 0.5) is 0 Å². The highest BCUT2D eigenvalue weighted by Gasteiger charge is 2.42. The highest BCUT2D eigenvalue weighted by atomic mass is 32.2. The van der Waals surface area contributed by atoms with Crippen molar-refractivity contribution in [2.24, 2.45) is 5.41 Å². The normalized spacial score (nSPS) is 23.7. The van der Waals surface area contributed by atoms with Crippen molar-refractivity contribution in [3.05, 3.63) is 29.8 Å². The van der Waals surface area contributed by atoms with Gasteiger partial charge in [0, 0.05) is 12.6 Å². The summed E-state index contributed by atoms with van der Waals surface area (Å²) in [5, 5.41) is 0. The molecule has 19 heavy (non-hydrogen) atoms. The van der Waals surface area contributed by atoms with Gasteiger partial charge in [0.05, 0.1) is 4.90 Å². The van der Waals surface area contributed by atoms with E-state index in [0.29, 0.717) is 11.4 Å². The van der Waals surface area contributed by atoms with Gasteiger partial charge in [0.1, 0.15) is 0 Å². The minimum atomic E-state index is -3.35. The molecule has 1 aromatic carbocycles. The van der Waals surface area contributed by atoms with Crippen molar-refractivity contribution in [1.29, 1.82) is 0 Å². The summed E-state index contributed by atoms with van der Waals surface area (Å²) in [6.45, 7) is 8.91. The average Bonchev–Trinajstić information content (AvgIpc) is 2.66. The van der Waals surface area contributed by atoms with E-state index in [1.165, 1.54) is 0 Å². The zero-order chi connectivity index (χ0) is 14.3. The van der Waals surface area contributed by atoms with Crippen molar-refractivity contribution in [2.45, 2.75) is 51.5 Å². The summed E-state index contributed by atoms with van der Waals surface area (Å²) >= 11 is 0. The fraction of sp³-hybridized carbons (Fsp3) is 0.600. The average molecular weight is 281 g/mol. The quantitative estimate of drug-likeness (QED) is 0.853. The Hall–Kier alpha value is -0.870. The molecule has 3 nitrogen and oxygen atoms in total. The molecule has 1 heterocycles. The molecule has 0 saturated carbocycles. The van der Waals surface area contributed by atoms with Crippen molar-refractivity contribution >= 4 is 10.0 Å². The van der Waals surface area contributed by atoms with E-state index in [9.17, 15) is 8.42 Å². The molecule has 106 valence electrons. The molecular formula is C15H23NO2S. The predicted molar refractivity (Wildman–Crippen MR) is 77.5 cm³/mol. The van der Waals surface area contributed by atoms with E-state index in [4.69, 9.17) is 0 Å². The zero-order valence-corrected chi connectivity index (χ0v) is 13.0. The van der Waals surface area contributed by atoms with Gasteiger partial charge in [-0.15, -0.1) is 0 Å². The molecule has 1 unspecified atom stereocenters. The molecule has 1 fully saturated rings. The third kappa shape index (κ3) is 2.84. The molecular weight excluding hydrogens is 258 g/mol. The standard InChI is InChI=1S/C15H23NO2S/c1-5-13-10-15(3,4)11-16(13)19(17,18)14-8-6-12(2)7-9-14/h6-9,13H,5,10-11H2,1-4H3. The maximum atomic E-state index is 12.7. The highest BCUT2D eigenvalue weighted by molar-refractivity contribution is 7.89. The minimum Gasteiger partial charge on any atom is -0.207 e. The van der Waals surface area contributed by atoms with Gasteiger partial charge in [-0.3, -0.25) is 0 Å². The first-order valence-corrected chi connectivity index (χ1v) is 8.29. The van der Waals surface area contributed by atoms with Gasteiger partial charge in [-0.05, 0) is 37.3 Å². The molecule has 0 spiro atoms. The van der Waals surface area contributed by atoms with E-state index in [2.05, 4.69) is 20.8 Å². The molecule has 1 aromatic rings. The van der Waals surface area contributed by atoms with Crippen LogP contribution in [-0.2, 0) is 10.0 Å². The van der Waals surface area contributed by atoms with E-state index in [0.717, 1.165) is 18.4 Å². The second kappa shape index (κ2) is 4.91. The van der Waals surface area contributed by atoms with Crippen molar-refractivity contribution in [1.82, 2.24) is 4.31 Å². The highest BCUT2D eigenvalue weighted by Crippen LogP contribution is 2.38. The van der Waals surface area contributed by atoms with Crippen LogP contribution in [0.2, 0.25) is 0 Å². The largest absolute Gasteiger partial charge is 0.243 e. The summed E-state index contributed by atoms with van der Waals surface area (Å²) in [4.78, 5) is 0.411. The number of benzene rings is 1. The lowest BCUT2D eigenvalue weighted by atomic mass is 9.90. The lowest BCUT2D eigenvalue weighted by Crippen LogP contribution is -2.35. The molecule has 1 saturated heterocycles. The topological polar surface area (TPSA) is 37.4 Å². The van der Waals surface area contributed by atoms with E-state index in [-0.39, 0.29) is 11.5 Å². The Kier molecular flexibility index (Phi) is 3.76. The van der Waals surface area contributed by atoms with Gasteiger partial charge < -0.3 is 0 Å². The maximum absolute atomic E-state index is 12.7. The van der Waals surface area contributed by atoms with Gasteiger partial charge in [-0.1, -0.05) is 38.5 Å². The SMILES string of the molecule is CCC1CC(C)(C)CN1S(=O)(=O)c1ccc(C)cc1. The molecule has 0 N–H and O–H groups in total. The number of hydrogen-bond donors (Lipinski definition) is 0. The summed E-state index contributed by atoms with van der Waals surface area (Å²) in [7, 11) is -3.35. The first-order valence-electron chi connectivity index (χ1n) is 6.85. The third-order valence-corrected chi connectivity index (χ3v) is 5.79. The third-order valence-electron chi connectivity index (χ3n) is 3.88. The van der Waals surface area contributed by atoms with Crippen LogP contribution in [0.5, 0.6) is 0 Å². The predicted octanol–water partition coefficient (Wildman–Crippen LogP) is 3.19. The van der Waals surface area contributed by atoms with E-state index in [1.807, 2.05) is 19.1 Å².